The molecule has 0 aromatic heterocycles. The Balaban J connectivity index is 1.96. The average Bonchev–Trinajstić information content (AvgIpc) is 2.97. The summed E-state index contributed by atoms with van der Waals surface area (Å²) in [6.45, 7) is 0.505. The largest absolute Gasteiger partial charge is 0.491 e. The number of nitrogens with zero attached hydrogens (tertiary/aromatic N) is 1. The predicted octanol–water partition coefficient (Wildman–Crippen LogP) is 2.33. The summed E-state index contributed by atoms with van der Waals surface area (Å²) in [6.07, 6.45) is 0.724. The van der Waals surface area contributed by atoms with Crippen LogP contribution in [-0.4, -0.2) is 19.9 Å². The third-order valence-corrected chi connectivity index (χ3v) is 4.66. The molecule has 8 heteroatoms. The summed E-state index contributed by atoms with van der Waals surface area (Å²) in [6, 6.07) is 10.1. The quantitative estimate of drug-likeness (QED) is 0.688. The standard InChI is InChI=1S/C14H12N2O5S/c17-16(18)11-4-2-5-12(9-11)22(19,20)15-13-6-1-3-10-7-8-21-14(10)13/h1-6,9,15H,7-8H2. The van der Waals surface area contributed by atoms with E-state index in [0.717, 1.165) is 18.1 Å². The number of benzene rings is 2. The number of para-hydroxylation sites is 1. The van der Waals surface area contributed by atoms with Crippen molar-refractivity contribution in [3.8, 4) is 5.75 Å². The lowest BCUT2D eigenvalue weighted by Gasteiger charge is -2.11. The Labute approximate surface area is 126 Å². The van der Waals surface area contributed by atoms with Gasteiger partial charge in [-0.25, -0.2) is 8.42 Å². The lowest BCUT2D eigenvalue weighted by molar-refractivity contribution is -0.385. The molecule has 22 heavy (non-hydrogen) atoms. The van der Waals surface area contributed by atoms with Gasteiger partial charge in [0.15, 0.2) is 0 Å². The number of rotatable bonds is 4. The van der Waals surface area contributed by atoms with Gasteiger partial charge >= 0.3 is 0 Å². The van der Waals surface area contributed by atoms with E-state index in [4.69, 9.17) is 4.74 Å². The highest BCUT2D eigenvalue weighted by Gasteiger charge is 2.22. The molecular formula is C14H12N2O5S. The normalized spacial score (nSPS) is 13.3. The lowest BCUT2D eigenvalue weighted by atomic mass is 10.1. The van der Waals surface area contributed by atoms with Gasteiger partial charge < -0.3 is 4.74 Å². The highest BCUT2D eigenvalue weighted by atomic mass is 32.2. The maximum atomic E-state index is 12.4. The molecule has 0 spiro atoms. The minimum Gasteiger partial charge on any atom is -0.491 e. The van der Waals surface area contributed by atoms with Gasteiger partial charge in [0, 0.05) is 18.6 Å². The summed E-state index contributed by atoms with van der Waals surface area (Å²) < 4.78 is 32.6. The first-order valence-electron chi connectivity index (χ1n) is 6.49. The van der Waals surface area contributed by atoms with Crippen LogP contribution in [0.4, 0.5) is 11.4 Å². The summed E-state index contributed by atoms with van der Waals surface area (Å²) in [5, 5.41) is 10.8. The van der Waals surface area contributed by atoms with Crippen molar-refractivity contribution in [1.82, 2.24) is 0 Å². The van der Waals surface area contributed by atoms with E-state index in [1.54, 1.807) is 12.1 Å². The Morgan fingerprint density at radius 1 is 1.18 bits per heavy atom. The molecule has 0 radical (unpaired) electrons. The summed E-state index contributed by atoms with van der Waals surface area (Å²) >= 11 is 0. The minimum absolute atomic E-state index is 0.169. The van der Waals surface area contributed by atoms with Gasteiger partial charge in [-0.05, 0) is 17.7 Å². The number of hydrogen-bond donors (Lipinski definition) is 1. The molecule has 0 unspecified atom stereocenters. The zero-order valence-corrected chi connectivity index (χ0v) is 12.2. The van der Waals surface area contributed by atoms with E-state index in [0.29, 0.717) is 18.0 Å². The smallest absolute Gasteiger partial charge is 0.270 e. The van der Waals surface area contributed by atoms with Crippen LogP contribution in [0, 0.1) is 10.1 Å². The molecule has 1 heterocycles. The van der Waals surface area contributed by atoms with Crippen molar-refractivity contribution in [1.29, 1.82) is 0 Å². The topological polar surface area (TPSA) is 98.5 Å². The summed E-state index contributed by atoms with van der Waals surface area (Å²) in [5.41, 5.74) is 0.984. The first kappa shape index (κ1) is 14.3. The summed E-state index contributed by atoms with van der Waals surface area (Å²) in [4.78, 5) is 9.96. The molecule has 3 rings (SSSR count). The van der Waals surface area contributed by atoms with Crippen LogP contribution in [0.1, 0.15) is 5.56 Å². The Hall–Kier alpha value is -2.61. The molecule has 0 atom stereocenters. The number of fused-ring (bicyclic) bond motifs is 1. The predicted molar refractivity (Wildman–Crippen MR) is 79.5 cm³/mol. The van der Waals surface area contributed by atoms with Gasteiger partial charge in [-0.1, -0.05) is 18.2 Å². The van der Waals surface area contributed by atoms with Crippen LogP contribution >= 0.6 is 0 Å². The van der Waals surface area contributed by atoms with Gasteiger partial charge in [-0.15, -0.1) is 0 Å². The SMILES string of the molecule is O=[N+]([O-])c1cccc(S(=O)(=O)Nc2cccc3c2OCC3)c1. The first-order chi connectivity index (χ1) is 10.5. The van der Waals surface area contributed by atoms with Crippen LogP contribution in [0.5, 0.6) is 5.75 Å². The van der Waals surface area contributed by atoms with E-state index in [2.05, 4.69) is 4.72 Å². The van der Waals surface area contributed by atoms with Crippen LogP contribution in [0.3, 0.4) is 0 Å². The molecule has 0 amide bonds. The van der Waals surface area contributed by atoms with Gasteiger partial charge in [-0.2, -0.15) is 0 Å². The fourth-order valence-corrected chi connectivity index (χ4v) is 3.37. The molecule has 1 aliphatic rings. The van der Waals surface area contributed by atoms with Crippen LogP contribution < -0.4 is 9.46 Å². The number of non-ortho nitro benzene ring substituents is 1. The number of sulfonamides is 1. The lowest BCUT2D eigenvalue weighted by Crippen LogP contribution is -2.13. The molecule has 1 aliphatic heterocycles. The van der Waals surface area contributed by atoms with Crippen molar-refractivity contribution in [2.45, 2.75) is 11.3 Å². The molecule has 2 aromatic carbocycles. The van der Waals surface area contributed by atoms with E-state index < -0.39 is 14.9 Å². The molecule has 2 aromatic rings. The van der Waals surface area contributed by atoms with E-state index in [9.17, 15) is 18.5 Å². The maximum absolute atomic E-state index is 12.4. The van der Waals surface area contributed by atoms with Gasteiger partial charge in [0.25, 0.3) is 15.7 Å². The molecule has 0 saturated carbocycles. The number of ether oxygens (including phenoxy) is 1. The van der Waals surface area contributed by atoms with Crippen molar-refractivity contribution in [2.24, 2.45) is 0 Å². The van der Waals surface area contributed by atoms with Gasteiger partial charge in [0.05, 0.1) is 22.1 Å². The highest BCUT2D eigenvalue weighted by Crippen LogP contribution is 2.34. The fraction of sp³-hybridized carbons (Fsp3) is 0.143. The monoisotopic (exact) mass is 320 g/mol. The maximum Gasteiger partial charge on any atom is 0.270 e. The van der Waals surface area contributed by atoms with Crippen molar-refractivity contribution < 1.29 is 18.1 Å². The van der Waals surface area contributed by atoms with Crippen molar-refractivity contribution in [3.05, 3.63) is 58.1 Å². The average molecular weight is 320 g/mol. The Kier molecular flexibility index (Phi) is 3.45. The minimum atomic E-state index is -3.93. The third kappa shape index (κ3) is 2.60. The van der Waals surface area contributed by atoms with Crippen LogP contribution in [0.25, 0.3) is 0 Å². The number of nitrogens with one attached hydrogen (secondary N) is 1. The van der Waals surface area contributed by atoms with Crippen molar-refractivity contribution in [2.75, 3.05) is 11.3 Å². The third-order valence-electron chi connectivity index (χ3n) is 3.30. The van der Waals surface area contributed by atoms with Crippen LogP contribution in [-0.2, 0) is 16.4 Å². The number of nitro groups is 1. The van der Waals surface area contributed by atoms with Gasteiger partial charge in [-0.3, -0.25) is 14.8 Å². The molecule has 114 valence electrons. The van der Waals surface area contributed by atoms with Gasteiger partial charge in [0.1, 0.15) is 5.75 Å². The molecule has 0 fully saturated rings. The van der Waals surface area contributed by atoms with Crippen molar-refractivity contribution >= 4 is 21.4 Å². The molecular weight excluding hydrogens is 308 g/mol. The molecule has 0 aliphatic carbocycles. The Morgan fingerprint density at radius 2 is 1.95 bits per heavy atom. The van der Waals surface area contributed by atoms with Crippen molar-refractivity contribution in [3.63, 3.8) is 0 Å². The van der Waals surface area contributed by atoms with Gasteiger partial charge in [0.2, 0.25) is 0 Å². The van der Waals surface area contributed by atoms with Crippen LogP contribution in [0.15, 0.2) is 47.4 Å². The Morgan fingerprint density at radius 3 is 2.73 bits per heavy atom. The number of hydrogen-bond acceptors (Lipinski definition) is 5. The molecule has 7 nitrogen and oxygen atoms in total. The zero-order valence-electron chi connectivity index (χ0n) is 11.4. The van der Waals surface area contributed by atoms with E-state index in [1.165, 1.54) is 18.2 Å². The summed E-state index contributed by atoms with van der Waals surface area (Å²) in [7, 11) is -3.93. The van der Waals surface area contributed by atoms with Crippen LogP contribution in [0.2, 0.25) is 0 Å². The van der Waals surface area contributed by atoms with E-state index in [1.807, 2.05) is 6.07 Å². The first-order valence-corrected chi connectivity index (χ1v) is 7.98. The van der Waals surface area contributed by atoms with E-state index >= 15 is 0 Å². The Bertz CT molecular complexity index is 848. The molecule has 0 bridgehead atoms. The number of anilines is 1. The highest BCUT2D eigenvalue weighted by molar-refractivity contribution is 7.92. The van der Waals surface area contributed by atoms with E-state index in [-0.39, 0.29) is 10.6 Å². The zero-order chi connectivity index (χ0) is 15.7. The second kappa shape index (κ2) is 5.30. The number of nitro benzene ring substituents is 1. The second-order valence-electron chi connectivity index (χ2n) is 4.75. The fourth-order valence-electron chi connectivity index (χ4n) is 2.26. The second-order valence-corrected chi connectivity index (χ2v) is 6.43. The molecule has 0 saturated heterocycles. The summed E-state index contributed by atoms with van der Waals surface area (Å²) in [5.74, 6) is 0.511. The molecule has 1 N–H and O–H groups in total.